The first-order chi connectivity index (χ1) is 9.26. The molecule has 1 atom stereocenters. The maximum Gasteiger partial charge on any atom is 0.414 e. The molecule has 2 rings (SSSR count). The van der Waals surface area contributed by atoms with Crippen LogP contribution >= 0.6 is 0 Å². The molecule has 1 aliphatic heterocycles. The minimum absolute atomic E-state index is 0.0605. The summed E-state index contributed by atoms with van der Waals surface area (Å²) in [6.07, 6.45) is 0.457. The van der Waals surface area contributed by atoms with Crippen molar-refractivity contribution in [2.24, 2.45) is 0 Å². The molecule has 104 valence electrons. The number of amides is 1. The van der Waals surface area contributed by atoms with E-state index in [1.54, 1.807) is 4.90 Å². The summed E-state index contributed by atoms with van der Waals surface area (Å²) in [6.45, 7) is 3.90. The van der Waals surface area contributed by atoms with Crippen molar-refractivity contribution in [2.75, 3.05) is 31.6 Å². The van der Waals surface area contributed by atoms with Crippen LogP contribution in [0.1, 0.15) is 13.3 Å². The van der Waals surface area contributed by atoms with Crippen molar-refractivity contribution >= 4 is 11.8 Å². The van der Waals surface area contributed by atoms with Gasteiger partial charge in [0.05, 0.1) is 18.8 Å². The number of ether oxygens (including phenoxy) is 2. The molecule has 0 aromatic heterocycles. The van der Waals surface area contributed by atoms with E-state index in [1.165, 1.54) is 0 Å². The number of rotatable bonds is 6. The van der Waals surface area contributed by atoms with E-state index in [2.05, 4.69) is 5.32 Å². The van der Waals surface area contributed by atoms with Gasteiger partial charge in [0.2, 0.25) is 0 Å². The Morgan fingerprint density at radius 2 is 2.26 bits per heavy atom. The van der Waals surface area contributed by atoms with E-state index in [9.17, 15) is 4.79 Å². The van der Waals surface area contributed by atoms with Crippen LogP contribution in [0.15, 0.2) is 24.3 Å². The molecule has 1 unspecified atom stereocenters. The van der Waals surface area contributed by atoms with Crippen LogP contribution in [0.5, 0.6) is 5.75 Å². The Balaban J connectivity index is 2.11. The Labute approximate surface area is 113 Å². The minimum Gasteiger partial charge on any atom is -0.492 e. The van der Waals surface area contributed by atoms with E-state index in [1.807, 2.05) is 38.2 Å². The smallest absolute Gasteiger partial charge is 0.414 e. The first-order valence-corrected chi connectivity index (χ1v) is 6.60. The van der Waals surface area contributed by atoms with Gasteiger partial charge in [0.15, 0.2) is 0 Å². The average Bonchev–Trinajstić information content (AvgIpc) is 2.78. The molecule has 0 saturated carbocycles. The van der Waals surface area contributed by atoms with Crippen LogP contribution in [0.2, 0.25) is 0 Å². The van der Waals surface area contributed by atoms with Crippen LogP contribution in [0.3, 0.4) is 0 Å². The second kappa shape index (κ2) is 6.43. The molecular weight excluding hydrogens is 244 g/mol. The van der Waals surface area contributed by atoms with Gasteiger partial charge in [0.25, 0.3) is 0 Å². The third kappa shape index (κ3) is 3.17. The quantitative estimate of drug-likeness (QED) is 0.854. The molecule has 1 fully saturated rings. The zero-order chi connectivity index (χ0) is 13.7. The highest BCUT2D eigenvalue weighted by Crippen LogP contribution is 2.31. The fourth-order valence-corrected chi connectivity index (χ4v) is 2.13. The Kier molecular flexibility index (Phi) is 4.63. The van der Waals surface area contributed by atoms with Crippen molar-refractivity contribution in [2.45, 2.75) is 19.4 Å². The first-order valence-electron chi connectivity index (χ1n) is 6.60. The van der Waals surface area contributed by atoms with Crippen LogP contribution in [0.25, 0.3) is 0 Å². The summed E-state index contributed by atoms with van der Waals surface area (Å²) < 4.78 is 10.9. The van der Waals surface area contributed by atoms with Crippen molar-refractivity contribution in [3.8, 4) is 5.75 Å². The first kappa shape index (κ1) is 13.7. The zero-order valence-electron chi connectivity index (χ0n) is 11.4. The Bertz CT molecular complexity index is 436. The molecule has 1 saturated heterocycles. The number of hydrogen-bond donors (Lipinski definition) is 1. The fourth-order valence-electron chi connectivity index (χ4n) is 2.13. The van der Waals surface area contributed by atoms with Gasteiger partial charge in [-0.15, -0.1) is 0 Å². The molecule has 1 aromatic rings. The van der Waals surface area contributed by atoms with E-state index in [0.29, 0.717) is 13.2 Å². The highest BCUT2D eigenvalue weighted by Gasteiger charge is 2.33. The van der Waals surface area contributed by atoms with Gasteiger partial charge < -0.3 is 14.8 Å². The lowest BCUT2D eigenvalue weighted by Gasteiger charge is -2.17. The number of nitrogens with one attached hydrogen (secondary N) is 1. The summed E-state index contributed by atoms with van der Waals surface area (Å²) in [4.78, 5) is 13.6. The van der Waals surface area contributed by atoms with E-state index in [-0.39, 0.29) is 12.2 Å². The van der Waals surface area contributed by atoms with E-state index < -0.39 is 0 Å². The second-order valence-corrected chi connectivity index (χ2v) is 4.41. The summed E-state index contributed by atoms with van der Waals surface area (Å²) in [5.41, 5.74) is 0.779. The van der Waals surface area contributed by atoms with Gasteiger partial charge in [0, 0.05) is 0 Å². The lowest BCUT2D eigenvalue weighted by Crippen LogP contribution is -2.26. The minimum atomic E-state index is -0.298. The number of cyclic esters (lactones) is 1. The number of para-hydroxylation sites is 2. The topological polar surface area (TPSA) is 50.8 Å². The summed E-state index contributed by atoms with van der Waals surface area (Å²) in [5.74, 6) is 0.719. The molecular formula is C14H20N2O3. The molecule has 1 aromatic carbocycles. The third-order valence-electron chi connectivity index (χ3n) is 3.05. The van der Waals surface area contributed by atoms with E-state index in [4.69, 9.17) is 9.47 Å². The molecule has 1 aliphatic rings. The normalized spacial score (nSPS) is 18.5. The highest BCUT2D eigenvalue weighted by atomic mass is 16.6. The van der Waals surface area contributed by atoms with Gasteiger partial charge in [-0.05, 0) is 39.1 Å². The zero-order valence-corrected chi connectivity index (χ0v) is 11.4. The largest absolute Gasteiger partial charge is 0.492 e. The van der Waals surface area contributed by atoms with Gasteiger partial charge >= 0.3 is 6.09 Å². The number of nitrogens with zero attached hydrogens (tertiary/aromatic N) is 1. The standard InChI is InChI=1S/C14H20N2O3/c1-3-18-13-7-5-4-6-12(13)16-10-11(8-9-15-2)19-14(16)17/h4-7,11,15H,3,8-10H2,1-2H3. The lowest BCUT2D eigenvalue weighted by atomic mass is 10.2. The van der Waals surface area contributed by atoms with E-state index >= 15 is 0 Å². The maximum atomic E-state index is 11.9. The van der Waals surface area contributed by atoms with Gasteiger partial charge in [-0.3, -0.25) is 4.90 Å². The summed E-state index contributed by atoms with van der Waals surface area (Å²) in [6, 6.07) is 7.54. The number of anilines is 1. The van der Waals surface area contributed by atoms with E-state index in [0.717, 1.165) is 24.4 Å². The molecule has 0 spiro atoms. The highest BCUT2D eigenvalue weighted by molar-refractivity contribution is 5.91. The molecule has 5 heteroatoms. The molecule has 19 heavy (non-hydrogen) atoms. The van der Waals surface area contributed by atoms with Crippen molar-refractivity contribution in [1.82, 2.24) is 5.32 Å². The molecule has 1 heterocycles. The number of carbonyl (C=O) groups is 1. The van der Waals surface area contributed by atoms with Crippen LogP contribution < -0.4 is 15.0 Å². The third-order valence-corrected chi connectivity index (χ3v) is 3.05. The van der Waals surface area contributed by atoms with Crippen molar-refractivity contribution in [3.63, 3.8) is 0 Å². The Morgan fingerprint density at radius 1 is 1.47 bits per heavy atom. The van der Waals surface area contributed by atoms with Crippen molar-refractivity contribution in [1.29, 1.82) is 0 Å². The Morgan fingerprint density at radius 3 is 3.00 bits per heavy atom. The monoisotopic (exact) mass is 264 g/mol. The van der Waals surface area contributed by atoms with Crippen LogP contribution in [-0.4, -0.2) is 38.9 Å². The van der Waals surface area contributed by atoms with Gasteiger partial charge in [0.1, 0.15) is 11.9 Å². The van der Waals surface area contributed by atoms with Crippen LogP contribution in [0, 0.1) is 0 Å². The number of benzene rings is 1. The van der Waals surface area contributed by atoms with Crippen LogP contribution in [0.4, 0.5) is 10.5 Å². The maximum absolute atomic E-state index is 11.9. The summed E-state index contributed by atoms with van der Waals surface area (Å²) >= 11 is 0. The van der Waals surface area contributed by atoms with Crippen molar-refractivity contribution < 1.29 is 14.3 Å². The lowest BCUT2D eigenvalue weighted by molar-refractivity contribution is 0.137. The second-order valence-electron chi connectivity index (χ2n) is 4.41. The molecule has 0 bridgehead atoms. The van der Waals surface area contributed by atoms with Gasteiger partial charge in [-0.1, -0.05) is 12.1 Å². The average molecular weight is 264 g/mol. The predicted molar refractivity (Wildman–Crippen MR) is 73.8 cm³/mol. The number of carbonyl (C=O) groups excluding carboxylic acids is 1. The fraction of sp³-hybridized carbons (Fsp3) is 0.500. The Hall–Kier alpha value is -1.75. The van der Waals surface area contributed by atoms with Crippen LogP contribution in [-0.2, 0) is 4.74 Å². The molecule has 1 amide bonds. The molecule has 5 nitrogen and oxygen atoms in total. The molecule has 1 N–H and O–H groups in total. The van der Waals surface area contributed by atoms with Crippen molar-refractivity contribution in [3.05, 3.63) is 24.3 Å². The summed E-state index contributed by atoms with van der Waals surface area (Å²) in [7, 11) is 1.89. The SMILES string of the molecule is CCOc1ccccc1N1CC(CCNC)OC1=O. The molecule has 0 aliphatic carbocycles. The van der Waals surface area contributed by atoms with Gasteiger partial charge in [-0.2, -0.15) is 0 Å². The number of hydrogen-bond acceptors (Lipinski definition) is 4. The van der Waals surface area contributed by atoms with Gasteiger partial charge in [-0.25, -0.2) is 4.79 Å². The predicted octanol–water partition coefficient (Wildman–Crippen LogP) is 2.02. The summed E-state index contributed by atoms with van der Waals surface area (Å²) in [5, 5.41) is 3.06. The molecule has 0 radical (unpaired) electrons.